The minimum Gasteiger partial charge on any atom is -0.381 e. The van der Waals surface area contributed by atoms with E-state index in [0.29, 0.717) is 38.4 Å². The number of nitrogens with one attached hydrogen (secondary N) is 1. The van der Waals surface area contributed by atoms with Gasteiger partial charge in [0.15, 0.2) is 0 Å². The molecule has 1 aromatic heterocycles. The van der Waals surface area contributed by atoms with Gasteiger partial charge in [0.25, 0.3) is 0 Å². The van der Waals surface area contributed by atoms with Crippen molar-refractivity contribution in [3.8, 4) is 0 Å². The summed E-state index contributed by atoms with van der Waals surface area (Å²) in [5.74, 6) is -0.372. The topological polar surface area (TPSA) is 76.5 Å². The SMILES string of the molecule is Cl.O=S(=O)(c1cnn(C2CCOCC2)c1)N1CCNCC1c1cccc(F)c1. The van der Waals surface area contributed by atoms with Gasteiger partial charge in [-0.1, -0.05) is 12.1 Å². The number of sulfonamides is 1. The van der Waals surface area contributed by atoms with E-state index in [1.807, 2.05) is 0 Å². The van der Waals surface area contributed by atoms with Crippen LogP contribution in [0.2, 0.25) is 0 Å². The van der Waals surface area contributed by atoms with Crippen molar-refractivity contribution < 1.29 is 17.5 Å². The highest BCUT2D eigenvalue weighted by atomic mass is 35.5. The second-order valence-electron chi connectivity index (χ2n) is 6.89. The van der Waals surface area contributed by atoms with Crippen molar-refractivity contribution in [2.24, 2.45) is 0 Å². The lowest BCUT2D eigenvalue weighted by atomic mass is 10.1. The first-order valence-electron chi connectivity index (χ1n) is 9.15. The van der Waals surface area contributed by atoms with Crippen LogP contribution in [-0.4, -0.2) is 55.4 Å². The van der Waals surface area contributed by atoms with Crippen molar-refractivity contribution in [2.45, 2.75) is 29.8 Å². The largest absolute Gasteiger partial charge is 0.381 e. The number of piperazine rings is 1. The Bertz CT molecular complexity index is 902. The highest BCUT2D eigenvalue weighted by molar-refractivity contribution is 7.89. The number of hydrogen-bond acceptors (Lipinski definition) is 5. The van der Waals surface area contributed by atoms with Crippen LogP contribution in [0.4, 0.5) is 4.39 Å². The Labute approximate surface area is 170 Å². The lowest BCUT2D eigenvalue weighted by molar-refractivity contribution is 0.0662. The van der Waals surface area contributed by atoms with Crippen molar-refractivity contribution >= 4 is 22.4 Å². The number of benzene rings is 1. The molecular formula is C18H24ClFN4O3S. The zero-order valence-electron chi connectivity index (χ0n) is 15.3. The predicted octanol–water partition coefficient (Wildman–Crippen LogP) is 2.13. The molecule has 1 aromatic carbocycles. The van der Waals surface area contributed by atoms with Crippen molar-refractivity contribution in [2.75, 3.05) is 32.8 Å². The van der Waals surface area contributed by atoms with Gasteiger partial charge in [-0.15, -0.1) is 12.4 Å². The molecule has 2 aliphatic heterocycles. The average molecular weight is 431 g/mol. The Kier molecular flexibility index (Phi) is 6.72. The molecule has 28 heavy (non-hydrogen) atoms. The van der Waals surface area contributed by atoms with Crippen LogP contribution in [-0.2, 0) is 14.8 Å². The van der Waals surface area contributed by atoms with Crippen LogP contribution in [0.5, 0.6) is 0 Å². The molecule has 0 aliphatic carbocycles. The third kappa shape index (κ3) is 4.23. The molecule has 2 fully saturated rings. The lowest BCUT2D eigenvalue weighted by Gasteiger charge is -2.35. The summed E-state index contributed by atoms with van der Waals surface area (Å²) in [6, 6.07) is 5.82. The van der Waals surface area contributed by atoms with Crippen LogP contribution in [0.3, 0.4) is 0 Å². The standard InChI is InChI=1S/C18H23FN4O3S.ClH/c19-15-3-1-2-14(10-15)18-12-20-6-7-23(18)27(24,25)17-11-21-22(13-17)16-4-8-26-9-5-16;/h1-3,10-11,13,16,18,20H,4-9,12H2;1H. The molecule has 154 valence electrons. The minimum atomic E-state index is -3.73. The van der Waals surface area contributed by atoms with Crippen LogP contribution >= 0.6 is 12.4 Å². The first-order valence-corrected chi connectivity index (χ1v) is 10.6. The minimum absolute atomic E-state index is 0. The smallest absolute Gasteiger partial charge is 0.246 e. The summed E-state index contributed by atoms with van der Waals surface area (Å²) >= 11 is 0. The van der Waals surface area contributed by atoms with Gasteiger partial charge in [-0.3, -0.25) is 4.68 Å². The Morgan fingerprint density at radius 3 is 2.79 bits per heavy atom. The Hall–Kier alpha value is -1.52. The van der Waals surface area contributed by atoms with Crippen molar-refractivity contribution in [1.82, 2.24) is 19.4 Å². The van der Waals surface area contributed by atoms with E-state index in [-0.39, 0.29) is 29.2 Å². The first kappa shape index (κ1) is 21.2. The molecule has 0 saturated carbocycles. The molecule has 1 N–H and O–H groups in total. The molecule has 0 spiro atoms. The fourth-order valence-electron chi connectivity index (χ4n) is 3.71. The Balaban J connectivity index is 0.00000225. The molecule has 4 rings (SSSR count). The molecule has 1 atom stereocenters. The number of aromatic nitrogens is 2. The second-order valence-corrected chi connectivity index (χ2v) is 8.78. The molecule has 1 unspecified atom stereocenters. The Morgan fingerprint density at radius 1 is 1.25 bits per heavy atom. The van der Waals surface area contributed by atoms with Gasteiger partial charge in [0.1, 0.15) is 10.7 Å². The van der Waals surface area contributed by atoms with Crippen LogP contribution < -0.4 is 5.32 Å². The number of rotatable bonds is 4. The van der Waals surface area contributed by atoms with Gasteiger partial charge in [-0.2, -0.15) is 9.40 Å². The number of nitrogens with zero attached hydrogens (tertiary/aromatic N) is 3. The van der Waals surface area contributed by atoms with Gasteiger partial charge in [0.05, 0.1) is 18.3 Å². The summed E-state index contributed by atoms with van der Waals surface area (Å²) in [5, 5.41) is 7.49. The van der Waals surface area contributed by atoms with Crippen LogP contribution in [0, 0.1) is 5.82 Å². The quantitative estimate of drug-likeness (QED) is 0.804. The van der Waals surface area contributed by atoms with E-state index in [2.05, 4.69) is 10.4 Å². The summed E-state index contributed by atoms with van der Waals surface area (Å²) in [6.07, 6.45) is 4.66. The molecule has 0 radical (unpaired) electrons. The van der Waals surface area contributed by atoms with Gasteiger partial charge in [-0.05, 0) is 30.5 Å². The monoisotopic (exact) mass is 430 g/mol. The lowest BCUT2D eigenvalue weighted by Crippen LogP contribution is -2.48. The molecule has 2 saturated heterocycles. The number of hydrogen-bond donors (Lipinski definition) is 1. The van der Waals surface area contributed by atoms with E-state index < -0.39 is 16.1 Å². The maximum atomic E-state index is 13.7. The predicted molar refractivity (Wildman–Crippen MR) is 104 cm³/mol. The average Bonchev–Trinajstić information content (AvgIpc) is 3.20. The summed E-state index contributed by atoms with van der Waals surface area (Å²) < 4.78 is 48.8. The first-order chi connectivity index (χ1) is 13.1. The zero-order chi connectivity index (χ0) is 18.9. The fourth-order valence-corrected chi connectivity index (χ4v) is 5.27. The third-order valence-corrected chi connectivity index (χ3v) is 7.04. The molecule has 2 aromatic rings. The van der Waals surface area contributed by atoms with E-state index in [0.717, 1.165) is 12.8 Å². The van der Waals surface area contributed by atoms with Crippen molar-refractivity contribution in [3.63, 3.8) is 0 Å². The van der Waals surface area contributed by atoms with Gasteiger partial charge in [0, 0.05) is 39.0 Å². The molecule has 10 heteroatoms. The van der Waals surface area contributed by atoms with Crippen LogP contribution in [0.25, 0.3) is 0 Å². The van der Waals surface area contributed by atoms with Gasteiger partial charge >= 0.3 is 0 Å². The van der Waals surface area contributed by atoms with E-state index in [1.165, 1.54) is 22.6 Å². The van der Waals surface area contributed by atoms with Crippen molar-refractivity contribution in [3.05, 3.63) is 48.0 Å². The highest BCUT2D eigenvalue weighted by Gasteiger charge is 2.35. The van der Waals surface area contributed by atoms with Gasteiger partial charge < -0.3 is 10.1 Å². The zero-order valence-corrected chi connectivity index (χ0v) is 17.0. The van der Waals surface area contributed by atoms with Crippen LogP contribution in [0.15, 0.2) is 41.6 Å². The molecule has 0 amide bonds. The molecule has 3 heterocycles. The third-order valence-electron chi connectivity index (χ3n) is 5.18. The maximum absolute atomic E-state index is 13.7. The highest BCUT2D eigenvalue weighted by Crippen LogP contribution is 2.30. The van der Waals surface area contributed by atoms with Crippen LogP contribution in [0.1, 0.15) is 30.5 Å². The summed E-state index contributed by atoms with van der Waals surface area (Å²) in [6.45, 7) is 2.64. The maximum Gasteiger partial charge on any atom is 0.246 e. The summed E-state index contributed by atoms with van der Waals surface area (Å²) in [4.78, 5) is 0.178. The molecule has 7 nitrogen and oxygen atoms in total. The summed E-state index contributed by atoms with van der Waals surface area (Å²) in [7, 11) is -3.73. The second kappa shape index (κ2) is 8.87. The number of ether oxygens (including phenoxy) is 1. The van der Waals surface area contributed by atoms with E-state index in [1.54, 1.807) is 23.0 Å². The van der Waals surface area contributed by atoms with Gasteiger partial charge in [-0.25, -0.2) is 12.8 Å². The van der Waals surface area contributed by atoms with Crippen molar-refractivity contribution in [1.29, 1.82) is 0 Å². The van der Waals surface area contributed by atoms with E-state index in [4.69, 9.17) is 4.74 Å². The normalized spacial score (nSPS) is 22.0. The fraction of sp³-hybridized carbons (Fsp3) is 0.500. The van der Waals surface area contributed by atoms with E-state index >= 15 is 0 Å². The molecule has 2 aliphatic rings. The van der Waals surface area contributed by atoms with E-state index in [9.17, 15) is 12.8 Å². The summed E-state index contributed by atoms with van der Waals surface area (Å²) in [5.41, 5.74) is 0.641. The molecule has 0 bridgehead atoms. The van der Waals surface area contributed by atoms with Gasteiger partial charge in [0.2, 0.25) is 10.0 Å². The molecular weight excluding hydrogens is 407 g/mol. The Morgan fingerprint density at radius 2 is 2.04 bits per heavy atom. The number of halogens is 2.